The van der Waals surface area contributed by atoms with E-state index in [0.29, 0.717) is 30.2 Å². The Morgan fingerprint density at radius 1 is 1.14 bits per heavy atom. The fraction of sp³-hybridized carbons (Fsp3) is 0.350. The van der Waals surface area contributed by atoms with Gasteiger partial charge in [0.05, 0.1) is 18.5 Å². The number of para-hydroxylation sites is 3. The molecule has 0 aliphatic carbocycles. The molecule has 2 aromatic rings. The van der Waals surface area contributed by atoms with Crippen molar-refractivity contribution in [2.24, 2.45) is 0 Å². The summed E-state index contributed by atoms with van der Waals surface area (Å²) in [5.41, 5.74) is 0.457. The van der Waals surface area contributed by atoms with Crippen LogP contribution in [0.4, 0.5) is 5.69 Å². The van der Waals surface area contributed by atoms with Gasteiger partial charge in [0.2, 0.25) is 15.9 Å². The molecule has 0 unspecified atom stereocenters. The maximum absolute atomic E-state index is 12.8. The first-order valence-electron chi connectivity index (χ1n) is 9.10. The Morgan fingerprint density at radius 2 is 1.79 bits per heavy atom. The lowest BCUT2D eigenvalue weighted by Crippen LogP contribution is -2.51. The van der Waals surface area contributed by atoms with Gasteiger partial charge in [0.15, 0.2) is 11.5 Å². The third-order valence-corrected chi connectivity index (χ3v) is 5.59. The number of rotatable bonds is 7. The SMILES string of the molecule is CC[C@H](C(=O)NC[C@@H]1COc2ccccc2O1)N(c1ccccc1)S(C)(=O)=O. The Labute approximate surface area is 165 Å². The summed E-state index contributed by atoms with van der Waals surface area (Å²) >= 11 is 0. The lowest BCUT2D eigenvalue weighted by atomic mass is 10.2. The van der Waals surface area contributed by atoms with Crippen LogP contribution in [-0.4, -0.2) is 45.9 Å². The van der Waals surface area contributed by atoms with Crippen molar-refractivity contribution < 1.29 is 22.7 Å². The van der Waals surface area contributed by atoms with E-state index in [1.165, 1.54) is 0 Å². The third-order valence-electron chi connectivity index (χ3n) is 4.41. The van der Waals surface area contributed by atoms with Crippen LogP contribution in [0.2, 0.25) is 0 Å². The number of hydrogen-bond donors (Lipinski definition) is 1. The highest BCUT2D eigenvalue weighted by Crippen LogP contribution is 2.30. The second-order valence-electron chi connectivity index (χ2n) is 6.56. The molecule has 3 rings (SSSR count). The van der Waals surface area contributed by atoms with Gasteiger partial charge in [-0.05, 0) is 30.7 Å². The largest absolute Gasteiger partial charge is 0.486 e. The molecular weight excluding hydrogens is 380 g/mol. The van der Waals surface area contributed by atoms with Crippen molar-refractivity contribution in [2.75, 3.05) is 23.7 Å². The highest BCUT2D eigenvalue weighted by Gasteiger charge is 2.32. The van der Waals surface area contributed by atoms with E-state index in [-0.39, 0.29) is 18.6 Å². The van der Waals surface area contributed by atoms with E-state index in [1.54, 1.807) is 43.3 Å². The van der Waals surface area contributed by atoms with E-state index in [1.807, 2.05) is 18.2 Å². The Hall–Kier alpha value is -2.74. The molecule has 1 aliphatic rings. The maximum atomic E-state index is 12.8. The van der Waals surface area contributed by atoms with Crippen molar-refractivity contribution in [3.63, 3.8) is 0 Å². The molecule has 0 spiro atoms. The van der Waals surface area contributed by atoms with Crippen molar-refractivity contribution >= 4 is 21.6 Å². The van der Waals surface area contributed by atoms with Crippen LogP contribution >= 0.6 is 0 Å². The molecule has 0 aromatic heterocycles. The lowest BCUT2D eigenvalue weighted by molar-refractivity contribution is -0.122. The summed E-state index contributed by atoms with van der Waals surface area (Å²) in [4.78, 5) is 12.8. The predicted molar refractivity (Wildman–Crippen MR) is 107 cm³/mol. The van der Waals surface area contributed by atoms with Gasteiger partial charge in [0.25, 0.3) is 0 Å². The monoisotopic (exact) mass is 404 g/mol. The summed E-state index contributed by atoms with van der Waals surface area (Å²) in [6.45, 7) is 2.31. The van der Waals surface area contributed by atoms with Crippen LogP contribution in [0.25, 0.3) is 0 Å². The van der Waals surface area contributed by atoms with Crippen molar-refractivity contribution in [3.8, 4) is 11.5 Å². The summed E-state index contributed by atoms with van der Waals surface area (Å²) in [5, 5.41) is 2.81. The molecule has 1 N–H and O–H groups in total. The average Bonchev–Trinajstić information content (AvgIpc) is 2.69. The van der Waals surface area contributed by atoms with Gasteiger partial charge in [-0.15, -0.1) is 0 Å². The second kappa shape index (κ2) is 8.52. The number of nitrogens with one attached hydrogen (secondary N) is 1. The normalized spacial score (nSPS) is 16.9. The molecular formula is C20H24N2O5S. The smallest absolute Gasteiger partial charge is 0.244 e. The van der Waals surface area contributed by atoms with E-state index < -0.39 is 16.1 Å². The third kappa shape index (κ3) is 4.56. The standard InChI is InChI=1S/C20H24N2O5S/c1-3-17(22(28(2,24)25)15-9-5-4-6-10-15)20(23)21-13-16-14-26-18-11-7-8-12-19(18)27-16/h4-12,16-17H,3,13-14H2,1-2H3,(H,21,23)/t16-,17-/m1/s1. The number of carbonyl (C=O) groups is 1. The van der Waals surface area contributed by atoms with Gasteiger partial charge in [-0.2, -0.15) is 0 Å². The first-order valence-corrected chi connectivity index (χ1v) is 11.0. The van der Waals surface area contributed by atoms with Gasteiger partial charge in [-0.3, -0.25) is 9.10 Å². The minimum Gasteiger partial charge on any atom is -0.486 e. The molecule has 28 heavy (non-hydrogen) atoms. The molecule has 2 atom stereocenters. The molecule has 1 amide bonds. The van der Waals surface area contributed by atoms with Crippen molar-refractivity contribution in [1.82, 2.24) is 5.32 Å². The summed E-state index contributed by atoms with van der Waals surface area (Å²) in [6, 6.07) is 15.1. The molecule has 8 heteroatoms. The molecule has 0 fully saturated rings. The summed E-state index contributed by atoms with van der Waals surface area (Å²) in [6.07, 6.45) is 1.09. The number of sulfonamides is 1. The first-order chi connectivity index (χ1) is 13.4. The van der Waals surface area contributed by atoms with E-state index in [2.05, 4.69) is 5.32 Å². The van der Waals surface area contributed by atoms with Crippen molar-refractivity contribution in [2.45, 2.75) is 25.5 Å². The minimum absolute atomic E-state index is 0.218. The molecule has 2 aromatic carbocycles. The van der Waals surface area contributed by atoms with Gasteiger partial charge < -0.3 is 14.8 Å². The van der Waals surface area contributed by atoms with E-state index in [4.69, 9.17) is 9.47 Å². The quantitative estimate of drug-likeness (QED) is 0.765. The van der Waals surface area contributed by atoms with Crippen LogP contribution in [0, 0.1) is 0 Å². The Kier molecular flexibility index (Phi) is 6.08. The summed E-state index contributed by atoms with van der Waals surface area (Å²) in [5.74, 6) is 0.921. The predicted octanol–water partition coefficient (Wildman–Crippen LogP) is 2.19. The molecule has 1 aliphatic heterocycles. The second-order valence-corrected chi connectivity index (χ2v) is 8.42. The zero-order valence-electron chi connectivity index (χ0n) is 15.9. The molecule has 0 saturated carbocycles. The van der Waals surface area contributed by atoms with Gasteiger partial charge in [0.1, 0.15) is 18.8 Å². The van der Waals surface area contributed by atoms with E-state index in [0.717, 1.165) is 10.6 Å². The average molecular weight is 404 g/mol. The van der Waals surface area contributed by atoms with Gasteiger partial charge in [0, 0.05) is 0 Å². The number of amides is 1. The molecule has 0 radical (unpaired) electrons. The highest BCUT2D eigenvalue weighted by atomic mass is 32.2. The first kappa shape index (κ1) is 20.0. The zero-order chi connectivity index (χ0) is 20.1. The number of fused-ring (bicyclic) bond motifs is 1. The van der Waals surface area contributed by atoms with E-state index in [9.17, 15) is 13.2 Å². The van der Waals surface area contributed by atoms with Crippen LogP contribution in [0.15, 0.2) is 54.6 Å². The van der Waals surface area contributed by atoms with Crippen molar-refractivity contribution in [3.05, 3.63) is 54.6 Å². The number of benzene rings is 2. The number of ether oxygens (including phenoxy) is 2. The van der Waals surface area contributed by atoms with Crippen molar-refractivity contribution in [1.29, 1.82) is 0 Å². The van der Waals surface area contributed by atoms with Crippen LogP contribution in [0.3, 0.4) is 0 Å². The molecule has 7 nitrogen and oxygen atoms in total. The minimum atomic E-state index is -3.64. The number of hydrogen-bond acceptors (Lipinski definition) is 5. The maximum Gasteiger partial charge on any atom is 0.244 e. The Morgan fingerprint density at radius 3 is 2.43 bits per heavy atom. The zero-order valence-corrected chi connectivity index (χ0v) is 16.7. The molecule has 150 valence electrons. The Bertz CT molecular complexity index is 917. The van der Waals surface area contributed by atoms with Crippen LogP contribution in [0.5, 0.6) is 11.5 Å². The van der Waals surface area contributed by atoms with Gasteiger partial charge in [-0.25, -0.2) is 8.42 Å². The molecule has 0 saturated heterocycles. The lowest BCUT2D eigenvalue weighted by Gasteiger charge is -2.31. The molecule has 1 heterocycles. The number of nitrogens with zero attached hydrogens (tertiary/aromatic N) is 1. The Balaban J connectivity index is 1.69. The van der Waals surface area contributed by atoms with Gasteiger partial charge >= 0.3 is 0 Å². The summed E-state index contributed by atoms with van der Waals surface area (Å²) in [7, 11) is -3.64. The van der Waals surface area contributed by atoms with E-state index >= 15 is 0 Å². The molecule has 0 bridgehead atoms. The van der Waals surface area contributed by atoms with Crippen LogP contribution in [-0.2, 0) is 14.8 Å². The summed E-state index contributed by atoms with van der Waals surface area (Å²) < 4.78 is 37.4. The fourth-order valence-corrected chi connectivity index (χ4v) is 4.34. The number of carbonyl (C=O) groups excluding carboxylic acids is 1. The fourth-order valence-electron chi connectivity index (χ4n) is 3.13. The highest BCUT2D eigenvalue weighted by molar-refractivity contribution is 7.92. The van der Waals surface area contributed by atoms with Crippen LogP contribution in [0.1, 0.15) is 13.3 Å². The van der Waals surface area contributed by atoms with Gasteiger partial charge in [-0.1, -0.05) is 37.3 Å². The number of anilines is 1. The van der Waals surface area contributed by atoms with Crippen LogP contribution < -0.4 is 19.1 Å². The topological polar surface area (TPSA) is 84.9 Å².